The number of amides is 1. The van der Waals surface area contributed by atoms with Crippen molar-refractivity contribution in [1.29, 1.82) is 0 Å². The number of aliphatic hydroxyl groups excluding tert-OH is 1. The van der Waals surface area contributed by atoms with E-state index in [1.807, 2.05) is 27.7 Å². The zero-order valence-corrected chi connectivity index (χ0v) is 31.5. The van der Waals surface area contributed by atoms with Crippen molar-refractivity contribution in [3.63, 3.8) is 0 Å². The Morgan fingerprint density at radius 1 is 1.16 bits per heavy atom. The molecule has 0 radical (unpaired) electrons. The molecule has 0 saturated carbocycles. The van der Waals surface area contributed by atoms with Gasteiger partial charge in [0.1, 0.15) is 17.8 Å². The molecule has 12 heteroatoms. The summed E-state index contributed by atoms with van der Waals surface area (Å²) in [5, 5.41) is 33.2. The van der Waals surface area contributed by atoms with E-state index in [0.29, 0.717) is 37.5 Å². The summed E-state index contributed by atoms with van der Waals surface area (Å²) in [7, 11) is 0. The second-order valence-electron chi connectivity index (χ2n) is 15.2. The van der Waals surface area contributed by atoms with Gasteiger partial charge in [-0.25, -0.2) is 4.79 Å². The number of cyclic esters (lactones) is 1. The molecule has 3 heterocycles. The van der Waals surface area contributed by atoms with Crippen molar-refractivity contribution in [1.82, 2.24) is 9.80 Å². The van der Waals surface area contributed by atoms with Crippen LogP contribution in [0.25, 0.3) is 0 Å². The van der Waals surface area contributed by atoms with Crippen molar-refractivity contribution < 1.29 is 48.7 Å². The fourth-order valence-electron chi connectivity index (χ4n) is 6.80. The topological polar surface area (TPSA) is 159 Å². The minimum atomic E-state index is -1.50. The molecular weight excluding hydrogens is 644 g/mol. The third-order valence-corrected chi connectivity index (χ3v) is 10.2. The Labute approximate surface area is 298 Å². The molecule has 0 aromatic carbocycles. The fraction of sp³-hybridized carbons (Fsp3) is 0.763. The molecule has 10 atom stereocenters. The summed E-state index contributed by atoms with van der Waals surface area (Å²) in [4.78, 5) is 41.5. The molecule has 0 aromatic heterocycles. The Hall–Kier alpha value is -2.77. The van der Waals surface area contributed by atoms with E-state index in [2.05, 4.69) is 18.7 Å². The van der Waals surface area contributed by atoms with Gasteiger partial charge < -0.3 is 39.2 Å². The molecule has 2 saturated heterocycles. The average Bonchev–Trinajstić information content (AvgIpc) is 3.80. The van der Waals surface area contributed by atoms with E-state index in [-0.39, 0.29) is 49.5 Å². The number of rotatable bonds is 11. The lowest BCUT2D eigenvalue weighted by atomic mass is 9.88. The van der Waals surface area contributed by atoms with Gasteiger partial charge in [0, 0.05) is 57.4 Å². The monoisotopic (exact) mass is 706 g/mol. The van der Waals surface area contributed by atoms with Gasteiger partial charge in [0.25, 0.3) is 0 Å². The number of ether oxygens (including phenoxy) is 4. The van der Waals surface area contributed by atoms with Crippen LogP contribution >= 0.6 is 0 Å². The Kier molecular flexibility index (Phi) is 15.1. The molecule has 3 rings (SSSR count). The van der Waals surface area contributed by atoms with E-state index in [4.69, 9.17) is 18.9 Å². The Morgan fingerprint density at radius 3 is 2.42 bits per heavy atom. The summed E-state index contributed by atoms with van der Waals surface area (Å²) in [5.74, 6) is -1.29. The van der Waals surface area contributed by atoms with Crippen LogP contribution in [0, 0.1) is 11.8 Å². The predicted octanol–water partition coefficient (Wildman–Crippen LogP) is 4.31. The van der Waals surface area contributed by atoms with Gasteiger partial charge in [-0.2, -0.15) is 0 Å². The Morgan fingerprint density at radius 2 is 1.82 bits per heavy atom. The lowest BCUT2D eigenvalue weighted by Crippen LogP contribution is -2.52. The van der Waals surface area contributed by atoms with Gasteiger partial charge in [-0.1, -0.05) is 45.1 Å². The Bertz CT molecular complexity index is 1240. The zero-order chi connectivity index (χ0) is 37.4. The van der Waals surface area contributed by atoms with E-state index in [1.165, 1.54) is 6.92 Å². The summed E-state index contributed by atoms with van der Waals surface area (Å²) in [6.07, 6.45) is 5.74. The number of hydrogen-bond acceptors (Lipinski definition) is 11. The molecule has 12 nitrogen and oxygen atoms in total. The number of epoxide rings is 1. The van der Waals surface area contributed by atoms with Crippen LogP contribution in [0.15, 0.2) is 36.0 Å². The highest BCUT2D eigenvalue weighted by Gasteiger charge is 2.48. The fourth-order valence-corrected chi connectivity index (χ4v) is 6.80. The van der Waals surface area contributed by atoms with Crippen LogP contribution < -0.4 is 0 Å². The maximum absolute atomic E-state index is 13.2. The first kappa shape index (κ1) is 41.6. The molecule has 1 amide bonds. The first-order valence-electron chi connectivity index (χ1n) is 18.2. The van der Waals surface area contributed by atoms with Crippen molar-refractivity contribution in [2.24, 2.45) is 11.8 Å². The van der Waals surface area contributed by atoms with E-state index < -0.39 is 47.5 Å². The largest absolute Gasteiger partial charge is 0.462 e. The molecule has 3 aliphatic heterocycles. The van der Waals surface area contributed by atoms with E-state index >= 15 is 0 Å². The van der Waals surface area contributed by atoms with Gasteiger partial charge in [0.05, 0.1) is 30.3 Å². The third kappa shape index (κ3) is 12.5. The van der Waals surface area contributed by atoms with Gasteiger partial charge >= 0.3 is 18.0 Å². The molecule has 3 aliphatic rings. The number of aliphatic hydroxyl groups is 3. The van der Waals surface area contributed by atoms with Crippen molar-refractivity contribution in [2.45, 2.75) is 148 Å². The third-order valence-electron chi connectivity index (χ3n) is 10.2. The highest BCUT2D eigenvalue weighted by atomic mass is 16.6. The van der Waals surface area contributed by atoms with Crippen molar-refractivity contribution in [3.8, 4) is 0 Å². The quantitative estimate of drug-likeness (QED) is 0.0925. The highest BCUT2D eigenvalue weighted by Crippen LogP contribution is 2.38. The van der Waals surface area contributed by atoms with Crippen molar-refractivity contribution >= 4 is 18.0 Å². The van der Waals surface area contributed by atoms with Crippen LogP contribution in [-0.4, -0.2) is 123 Å². The van der Waals surface area contributed by atoms with Gasteiger partial charge in [-0.3, -0.25) is 14.5 Å². The van der Waals surface area contributed by atoms with Crippen molar-refractivity contribution in [2.75, 3.05) is 26.2 Å². The molecule has 2 fully saturated rings. The molecular formula is C38H62N2O10. The van der Waals surface area contributed by atoms with Crippen LogP contribution in [-0.2, 0) is 28.5 Å². The highest BCUT2D eigenvalue weighted by molar-refractivity contribution is 5.70. The first-order valence-corrected chi connectivity index (χ1v) is 18.2. The Balaban J connectivity index is 1.72. The lowest BCUT2D eigenvalue weighted by Gasteiger charge is -2.38. The van der Waals surface area contributed by atoms with E-state index in [0.717, 1.165) is 13.1 Å². The number of hydrogen-bond donors (Lipinski definition) is 3. The number of nitrogens with zero attached hydrogens (tertiary/aromatic N) is 2. The van der Waals surface area contributed by atoms with Crippen LogP contribution in [0.1, 0.15) is 94.4 Å². The van der Waals surface area contributed by atoms with Gasteiger partial charge in [0.2, 0.25) is 0 Å². The normalized spacial score (nSPS) is 33.4. The summed E-state index contributed by atoms with van der Waals surface area (Å²) in [6.45, 7) is 19.0. The van der Waals surface area contributed by atoms with E-state index in [9.17, 15) is 29.7 Å². The number of carbonyl (C=O) groups excluding carboxylic acids is 3. The minimum absolute atomic E-state index is 0.00748. The summed E-state index contributed by atoms with van der Waals surface area (Å²) >= 11 is 0. The first-order chi connectivity index (χ1) is 23.3. The smallest absolute Gasteiger partial charge is 0.410 e. The van der Waals surface area contributed by atoms with Gasteiger partial charge in [-0.05, 0) is 65.5 Å². The number of esters is 2. The maximum Gasteiger partial charge on any atom is 0.410 e. The van der Waals surface area contributed by atoms with Crippen molar-refractivity contribution in [3.05, 3.63) is 36.0 Å². The molecule has 50 heavy (non-hydrogen) atoms. The predicted molar refractivity (Wildman–Crippen MR) is 189 cm³/mol. The number of carbonyl (C=O) groups is 3. The second kappa shape index (κ2) is 18.1. The van der Waals surface area contributed by atoms with Gasteiger partial charge in [0.15, 0.2) is 6.10 Å². The average molecular weight is 707 g/mol. The minimum Gasteiger partial charge on any atom is -0.462 e. The van der Waals surface area contributed by atoms with Gasteiger partial charge in [-0.15, -0.1) is 0 Å². The van der Waals surface area contributed by atoms with Crippen LogP contribution in [0.2, 0.25) is 0 Å². The van der Waals surface area contributed by atoms with Crippen LogP contribution in [0.5, 0.6) is 0 Å². The summed E-state index contributed by atoms with van der Waals surface area (Å²) in [5.41, 5.74) is -1.99. The summed E-state index contributed by atoms with van der Waals surface area (Å²) in [6, 6.07) is 0.382. The van der Waals surface area contributed by atoms with Crippen LogP contribution in [0.4, 0.5) is 4.79 Å². The number of allylic oxidation sites excluding steroid dienone is 2. The second-order valence-corrected chi connectivity index (χ2v) is 15.2. The summed E-state index contributed by atoms with van der Waals surface area (Å²) < 4.78 is 23.1. The lowest BCUT2D eigenvalue weighted by molar-refractivity contribution is -0.152. The standard InChI is InChI=1S/C38H62N2O10/c1-10-30(47-28(7)41)27(6)35-31(48-35)23-37(8,45)16-11-12-25(4)34-26(5)13-14-32(38(9,46)17-15-29(42)22-33(43)50-34)49-36(44)40-20-18-39(19-21-40)24(2)3/h11-14,16,24,26-27,29-32,34-35,42,45-46H,10,15,17-23H2,1-9H3/b14-13-,16-11+,25-12+. The molecule has 0 spiro atoms. The SMILES string of the molecule is CCC(OC(C)=O)C(C)C1OC1CC(C)(O)/C=C/C=C(\C)C1OC(=O)CC(O)CCC(C)(O)C(OC(=O)N2CCN(C(C)C)CC2)/C=C\C1C. The molecule has 284 valence electrons. The zero-order valence-electron chi connectivity index (χ0n) is 31.5. The maximum atomic E-state index is 13.2. The molecule has 3 N–H and O–H groups in total. The molecule has 10 unspecified atom stereocenters. The van der Waals surface area contributed by atoms with E-state index in [1.54, 1.807) is 49.1 Å². The molecule has 0 aliphatic carbocycles. The van der Waals surface area contributed by atoms with Crippen LogP contribution in [0.3, 0.4) is 0 Å². The molecule has 0 bridgehead atoms. The molecule has 0 aromatic rings. The number of piperazine rings is 1.